The molecule has 0 saturated carbocycles. The molecule has 114 valence electrons. The van der Waals surface area contributed by atoms with Gasteiger partial charge in [-0.1, -0.05) is 42.7 Å². The van der Waals surface area contributed by atoms with Gasteiger partial charge in [-0.3, -0.25) is 0 Å². The molecule has 6 heteroatoms. The first-order valence-corrected chi connectivity index (χ1v) is 7.52. The van der Waals surface area contributed by atoms with Crippen molar-refractivity contribution in [2.24, 2.45) is 5.92 Å². The van der Waals surface area contributed by atoms with Crippen LogP contribution >= 0.6 is 11.6 Å². The Bertz CT molecular complexity index is 539. The minimum atomic E-state index is 0.463. The Hall–Kier alpha value is -1.59. The predicted octanol–water partition coefficient (Wildman–Crippen LogP) is 3.12. The summed E-state index contributed by atoms with van der Waals surface area (Å²) in [7, 11) is 0. The van der Waals surface area contributed by atoms with Crippen molar-refractivity contribution in [1.29, 1.82) is 0 Å². The Kier molecular flexibility index (Phi) is 6.02. The standard InChI is InChI=1S/C15H21ClN4O/c1-11(2)9-17-10-14-19-20-15(21-14)18-8-7-12-3-5-13(16)6-4-12/h3-6,11,17H,7-10H2,1-2H3,(H,18,20). The molecule has 0 radical (unpaired) electrons. The Morgan fingerprint density at radius 3 is 2.67 bits per heavy atom. The van der Waals surface area contributed by atoms with E-state index in [1.54, 1.807) is 0 Å². The van der Waals surface area contributed by atoms with E-state index >= 15 is 0 Å². The van der Waals surface area contributed by atoms with Crippen LogP contribution in [0.3, 0.4) is 0 Å². The number of nitrogens with one attached hydrogen (secondary N) is 2. The van der Waals surface area contributed by atoms with Gasteiger partial charge in [-0.15, -0.1) is 5.10 Å². The van der Waals surface area contributed by atoms with Crippen molar-refractivity contribution in [3.8, 4) is 0 Å². The van der Waals surface area contributed by atoms with Crippen LogP contribution in [0, 0.1) is 5.92 Å². The maximum Gasteiger partial charge on any atom is 0.315 e. The van der Waals surface area contributed by atoms with E-state index in [1.165, 1.54) is 5.56 Å². The average Bonchev–Trinajstić information content (AvgIpc) is 2.88. The molecule has 2 N–H and O–H groups in total. The Morgan fingerprint density at radius 1 is 1.19 bits per heavy atom. The van der Waals surface area contributed by atoms with Crippen LogP contribution in [0.2, 0.25) is 5.02 Å². The summed E-state index contributed by atoms with van der Waals surface area (Å²) in [5, 5.41) is 15.1. The summed E-state index contributed by atoms with van der Waals surface area (Å²) in [6.45, 7) is 6.59. The number of nitrogens with zero attached hydrogens (tertiary/aromatic N) is 2. The monoisotopic (exact) mass is 308 g/mol. The van der Waals surface area contributed by atoms with Crippen LogP contribution in [0.5, 0.6) is 0 Å². The zero-order chi connectivity index (χ0) is 15.1. The van der Waals surface area contributed by atoms with Crippen LogP contribution in [0.15, 0.2) is 28.7 Å². The Labute approximate surface area is 130 Å². The lowest BCUT2D eigenvalue weighted by Crippen LogP contribution is -2.19. The summed E-state index contributed by atoms with van der Waals surface area (Å²) >= 11 is 5.85. The number of hydrogen-bond donors (Lipinski definition) is 2. The van der Waals surface area contributed by atoms with E-state index < -0.39 is 0 Å². The first kappa shape index (κ1) is 15.8. The molecule has 0 aliphatic heterocycles. The molecule has 0 fully saturated rings. The fourth-order valence-corrected chi connectivity index (χ4v) is 1.96. The van der Waals surface area contributed by atoms with E-state index in [4.69, 9.17) is 16.0 Å². The van der Waals surface area contributed by atoms with Crippen molar-refractivity contribution in [2.75, 3.05) is 18.4 Å². The van der Waals surface area contributed by atoms with Gasteiger partial charge in [-0.05, 0) is 36.6 Å². The van der Waals surface area contributed by atoms with Crippen LogP contribution in [0.1, 0.15) is 25.3 Å². The van der Waals surface area contributed by atoms with Crippen molar-refractivity contribution in [1.82, 2.24) is 15.5 Å². The number of aromatic nitrogens is 2. The molecule has 5 nitrogen and oxygen atoms in total. The van der Waals surface area contributed by atoms with Crippen molar-refractivity contribution < 1.29 is 4.42 Å². The van der Waals surface area contributed by atoms with E-state index in [2.05, 4.69) is 34.7 Å². The Balaban J connectivity index is 1.71. The highest BCUT2D eigenvalue weighted by molar-refractivity contribution is 6.30. The molecular weight excluding hydrogens is 288 g/mol. The second-order valence-corrected chi connectivity index (χ2v) is 5.77. The zero-order valence-corrected chi connectivity index (χ0v) is 13.2. The summed E-state index contributed by atoms with van der Waals surface area (Å²) in [4.78, 5) is 0. The van der Waals surface area contributed by atoms with Crippen LogP contribution < -0.4 is 10.6 Å². The molecule has 1 aromatic heterocycles. The highest BCUT2D eigenvalue weighted by Crippen LogP contribution is 2.10. The third kappa shape index (κ3) is 5.73. The van der Waals surface area contributed by atoms with E-state index in [1.807, 2.05) is 24.3 Å². The molecule has 0 spiro atoms. The summed E-state index contributed by atoms with van der Waals surface area (Å²) in [5.74, 6) is 1.20. The minimum absolute atomic E-state index is 0.463. The van der Waals surface area contributed by atoms with Gasteiger partial charge >= 0.3 is 6.01 Å². The molecule has 0 amide bonds. The second kappa shape index (κ2) is 8.00. The first-order valence-electron chi connectivity index (χ1n) is 7.15. The smallest absolute Gasteiger partial charge is 0.315 e. The first-order chi connectivity index (χ1) is 10.1. The van der Waals surface area contributed by atoms with E-state index in [0.29, 0.717) is 24.4 Å². The largest absolute Gasteiger partial charge is 0.407 e. The third-order valence-electron chi connectivity index (χ3n) is 2.90. The van der Waals surface area contributed by atoms with Crippen LogP contribution in [0.25, 0.3) is 0 Å². The van der Waals surface area contributed by atoms with E-state index in [-0.39, 0.29) is 0 Å². The van der Waals surface area contributed by atoms with Gasteiger partial charge in [0, 0.05) is 11.6 Å². The highest BCUT2D eigenvalue weighted by atomic mass is 35.5. The predicted molar refractivity (Wildman–Crippen MR) is 84.5 cm³/mol. The summed E-state index contributed by atoms with van der Waals surface area (Å²) in [6.07, 6.45) is 0.875. The maximum atomic E-state index is 5.85. The number of halogens is 1. The number of anilines is 1. The van der Waals surface area contributed by atoms with E-state index in [0.717, 1.165) is 24.5 Å². The molecule has 1 heterocycles. The summed E-state index contributed by atoms with van der Waals surface area (Å²) in [6, 6.07) is 8.27. The number of benzene rings is 1. The van der Waals surface area contributed by atoms with Gasteiger partial charge in [0.25, 0.3) is 0 Å². The van der Waals surface area contributed by atoms with Crippen LogP contribution in [0.4, 0.5) is 6.01 Å². The Morgan fingerprint density at radius 2 is 1.95 bits per heavy atom. The lowest BCUT2D eigenvalue weighted by molar-refractivity contribution is 0.458. The summed E-state index contributed by atoms with van der Waals surface area (Å²) in [5.41, 5.74) is 1.21. The molecule has 0 atom stereocenters. The van der Waals surface area contributed by atoms with E-state index in [9.17, 15) is 0 Å². The fourth-order valence-electron chi connectivity index (χ4n) is 1.83. The van der Waals surface area contributed by atoms with Crippen LogP contribution in [-0.2, 0) is 13.0 Å². The summed E-state index contributed by atoms with van der Waals surface area (Å²) < 4.78 is 5.51. The van der Waals surface area contributed by atoms with Crippen molar-refractivity contribution >= 4 is 17.6 Å². The third-order valence-corrected chi connectivity index (χ3v) is 3.15. The second-order valence-electron chi connectivity index (χ2n) is 5.33. The lowest BCUT2D eigenvalue weighted by atomic mass is 10.1. The van der Waals surface area contributed by atoms with Gasteiger partial charge in [0.1, 0.15) is 0 Å². The topological polar surface area (TPSA) is 63.0 Å². The molecule has 0 unspecified atom stereocenters. The maximum absolute atomic E-state index is 5.85. The molecule has 0 saturated heterocycles. The molecule has 0 aliphatic carbocycles. The number of rotatable bonds is 8. The zero-order valence-electron chi connectivity index (χ0n) is 12.4. The molecule has 1 aromatic carbocycles. The van der Waals surface area contributed by atoms with Gasteiger partial charge in [0.15, 0.2) is 0 Å². The van der Waals surface area contributed by atoms with Gasteiger partial charge < -0.3 is 15.1 Å². The minimum Gasteiger partial charge on any atom is -0.407 e. The molecule has 21 heavy (non-hydrogen) atoms. The molecule has 2 aromatic rings. The fraction of sp³-hybridized carbons (Fsp3) is 0.467. The number of hydrogen-bond acceptors (Lipinski definition) is 5. The normalized spacial score (nSPS) is 11.0. The molecular formula is C15H21ClN4O. The molecule has 0 bridgehead atoms. The molecule has 2 rings (SSSR count). The SMILES string of the molecule is CC(C)CNCc1nnc(NCCc2ccc(Cl)cc2)o1. The molecule has 0 aliphatic rings. The van der Waals surface area contributed by atoms with Crippen LogP contribution in [-0.4, -0.2) is 23.3 Å². The van der Waals surface area contributed by atoms with Gasteiger partial charge in [-0.25, -0.2) is 0 Å². The van der Waals surface area contributed by atoms with Gasteiger partial charge in [-0.2, -0.15) is 0 Å². The lowest BCUT2D eigenvalue weighted by Gasteiger charge is -2.04. The van der Waals surface area contributed by atoms with Crippen molar-refractivity contribution in [3.63, 3.8) is 0 Å². The highest BCUT2D eigenvalue weighted by Gasteiger charge is 2.05. The van der Waals surface area contributed by atoms with Crippen molar-refractivity contribution in [3.05, 3.63) is 40.7 Å². The quantitative estimate of drug-likeness (QED) is 0.784. The van der Waals surface area contributed by atoms with Gasteiger partial charge in [0.2, 0.25) is 5.89 Å². The van der Waals surface area contributed by atoms with Gasteiger partial charge in [0.05, 0.1) is 6.54 Å². The van der Waals surface area contributed by atoms with Crippen molar-refractivity contribution in [2.45, 2.75) is 26.8 Å². The average molecular weight is 309 g/mol.